The third kappa shape index (κ3) is 4.03. The Morgan fingerprint density at radius 1 is 1.22 bits per heavy atom. The minimum Gasteiger partial charge on any atom is -0.497 e. The molecule has 3 rings (SSSR count). The Kier molecular flexibility index (Phi) is 5.89. The minimum atomic E-state index is -0.336. The topological polar surface area (TPSA) is 85.1 Å². The number of benzene rings is 1. The molecule has 1 aromatic carbocycles. The number of carbonyl (C=O) groups excluding carboxylic acids is 2. The van der Waals surface area contributed by atoms with Crippen molar-refractivity contribution in [1.82, 2.24) is 4.90 Å². The summed E-state index contributed by atoms with van der Waals surface area (Å²) >= 11 is 0. The molecule has 0 aliphatic carbocycles. The van der Waals surface area contributed by atoms with Gasteiger partial charge in [-0.1, -0.05) is 6.92 Å². The van der Waals surface area contributed by atoms with Crippen LogP contribution in [0.3, 0.4) is 0 Å². The molecule has 2 N–H and O–H groups in total. The van der Waals surface area contributed by atoms with Gasteiger partial charge in [0, 0.05) is 50.3 Å². The van der Waals surface area contributed by atoms with Gasteiger partial charge in [0.25, 0.3) is 0 Å². The molecule has 0 spiro atoms. The maximum Gasteiger partial charge on any atom is 0.228 e. The molecule has 1 aromatic rings. The van der Waals surface area contributed by atoms with Crippen LogP contribution in [0.15, 0.2) is 18.2 Å². The Bertz CT molecular complexity index is 686. The van der Waals surface area contributed by atoms with Crippen LogP contribution in [-0.4, -0.2) is 56.6 Å². The summed E-state index contributed by atoms with van der Waals surface area (Å²) in [6.45, 7) is 3.76. The SMILES string of the molecule is COc1cc(OC)cc(N2CC(C(=O)N3CCC(C)CC3CN)CC2=O)c1. The lowest BCUT2D eigenvalue weighted by Gasteiger charge is -2.39. The molecule has 0 aromatic heterocycles. The lowest BCUT2D eigenvalue weighted by Crippen LogP contribution is -2.51. The molecule has 0 radical (unpaired) electrons. The first-order valence-electron chi connectivity index (χ1n) is 9.50. The minimum absolute atomic E-state index is 0.0445. The van der Waals surface area contributed by atoms with Crippen molar-refractivity contribution in [2.45, 2.75) is 32.2 Å². The summed E-state index contributed by atoms with van der Waals surface area (Å²) in [6.07, 6.45) is 2.14. The van der Waals surface area contributed by atoms with Gasteiger partial charge >= 0.3 is 0 Å². The Hall–Kier alpha value is -2.28. The number of rotatable bonds is 5. The third-order valence-electron chi connectivity index (χ3n) is 5.66. The quantitative estimate of drug-likeness (QED) is 0.846. The van der Waals surface area contributed by atoms with Crippen LogP contribution in [0.4, 0.5) is 5.69 Å². The lowest BCUT2D eigenvalue weighted by molar-refractivity contribution is -0.139. The predicted molar refractivity (Wildman–Crippen MR) is 103 cm³/mol. The third-order valence-corrected chi connectivity index (χ3v) is 5.66. The molecule has 2 amide bonds. The van der Waals surface area contributed by atoms with E-state index in [1.807, 2.05) is 4.90 Å². The van der Waals surface area contributed by atoms with Gasteiger partial charge in [0.2, 0.25) is 11.8 Å². The molecule has 3 unspecified atom stereocenters. The molecule has 0 bridgehead atoms. The van der Waals surface area contributed by atoms with E-state index in [1.54, 1.807) is 37.3 Å². The number of anilines is 1. The van der Waals surface area contributed by atoms with Gasteiger partial charge < -0.3 is 25.0 Å². The summed E-state index contributed by atoms with van der Waals surface area (Å²) in [5.74, 6) is 1.45. The number of amides is 2. The highest BCUT2D eigenvalue weighted by molar-refractivity contribution is 6.00. The van der Waals surface area contributed by atoms with E-state index in [9.17, 15) is 9.59 Å². The van der Waals surface area contributed by atoms with E-state index < -0.39 is 0 Å². The Balaban J connectivity index is 1.76. The second-order valence-corrected chi connectivity index (χ2v) is 7.53. The summed E-state index contributed by atoms with van der Waals surface area (Å²) in [4.78, 5) is 29.3. The van der Waals surface area contributed by atoms with Crippen LogP contribution >= 0.6 is 0 Å². The van der Waals surface area contributed by atoms with Gasteiger partial charge in [-0.3, -0.25) is 9.59 Å². The molecule has 2 aliphatic heterocycles. The predicted octanol–water partition coefficient (Wildman–Crippen LogP) is 1.64. The highest BCUT2D eigenvalue weighted by Gasteiger charge is 2.40. The molecular formula is C20H29N3O4. The molecule has 7 heteroatoms. The number of hydrogen-bond donors (Lipinski definition) is 1. The maximum atomic E-state index is 13.1. The van der Waals surface area contributed by atoms with E-state index in [1.165, 1.54) is 0 Å². The van der Waals surface area contributed by atoms with Gasteiger partial charge in [-0.2, -0.15) is 0 Å². The lowest BCUT2D eigenvalue weighted by atomic mass is 9.91. The zero-order chi connectivity index (χ0) is 19.6. The van der Waals surface area contributed by atoms with Gasteiger partial charge in [-0.25, -0.2) is 0 Å². The van der Waals surface area contributed by atoms with Gasteiger partial charge in [0.1, 0.15) is 11.5 Å². The molecule has 2 aliphatic rings. The fraction of sp³-hybridized carbons (Fsp3) is 0.600. The first-order chi connectivity index (χ1) is 13.0. The second kappa shape index (κ2) is 8.17. The van der Waals surface area contributed by atoms with Crippen molar-refractivity contribution in [1.29, 1.82) is 0 Å². The summed E-state index contributed by atoms with van der Waals surface area (Å²) in [5.41, 5.74) is 6.59. The number of carbonyl (C=O) groups is 2. The van der Waals surface area contributed by atoms with Gasteiger partial charge in [-0.15, -0.1) is 0 Å². The first kappa shape index (κ1) is 19.5. The summed E-state index contributed by atoms with van der Waals surface area (Å²) in [6, 6.07) is 5.41. The Morgan fingerprint density at radius 3 is 2.48 bits per heavy atom. The monoisotopic (exact) mass is 375 g/mol. The molecule has 148 valence electrons. The van der Waals surface area contributed by atoms with E-state index in [0.717, 1.165) is 19.4 Å². The van der Waals surface area contributed by atoms with E-state index >= 15 is 0 Å². The van der Waals surface area contributed by atoms with Crippen LogP contribution < -0.4 is 20.1 Å². The smallest absolute Gasteiger partial charge is 0.228 e. The number of piperidine rings is 1. The van der Waals surface area contributed by atoms with Crippen molar-refractivity contribution < 1.29 is 19.1 Å². The molecule has 0 saturated carbocycles. The van der Waals surface area contributed by atoms with Crippen molar-refractivity contribution in [3.8, 4) is 11.5 Å². The van der Waals surface area contributed by atoms with Crippen LogP contribution in [0.25, 0.3) is 0 Å². The van der Waals surface area contributed by atoms with Gasteiger partial charge in [0.15, 0.2) is 0 Å². The molecule has 2 saturated heterocycles. The number of methoxy groups -OCH3 is 2. The van der Waals surface area contributed by atoms with Gasteiger partial charge in [0.05, 0.1) is 25.8 Å². The van der Waals surface area contributed by atoms with Crippen LogP contribution in [0.5, 0.6) is 11.5 Å². The molecule has 3 atom stereocenters. The molecule has 2 fully saturated rings. The number of hydrogen-bond acceptors (Lipinski definition) is 5. The van der Waals surface area contributed by atoms with Gasteiger partial charge in [-0.05, 0) is 18.8 Å². The van der Waals surface area contributed by atoms with Crippen LogP contribution in [0.2, 0.25) is 0 Å². The molecule has 2 heterocycles. The van der Waals surface area contributed by atoms with E-state index in [0.29, 0.717) is 36.2 Å². The zero-order valence-electron chi connectivity index (χ0n) is 16.3. The van der Waals surface area contributed by atoms with E-state index in [-0.39, 0.29) is 30.2 Å². The largest absolute Gasteiger partial charge is 0.497 e. The van der Waals surface area contributed by atoms with Crippen LogP contribution in [-0.2, 0) is 9.59 Å². The number of ether oxygens (including phenoxy) is 2. The van der Waals surface area contributed by atoms with Crippen molar-refractivity contribution in [3.05, 3.63) is 18.2 Å². The maximum absolute atomic E-state index is 13.1. The molecular weight excluding hydrogens is 346 g/mol. The van der Waals surface area contributed by atoms with Crippen molar-refractivity contribution >= 4 is 17.5 Å². The number of nitrogens with two attached hydrogens (primary N) is 1. The normalized spacial score (nSPS) is 25.6. The summed E-state index contributed by atoms with van der Waals surface area (Å²) in [5, 5.41) is 0. The standard InChI is InChI=1S/C20H29N3O4/c1-13-4-5-22(16(6-13)11-21)20(25)14-7-19(24)23(12-14)15-8-17(26-2)10-18(9-15)27-3/h8-10,13-14,16H,4-7,11-12,21H2,1-3H3. The summed E-state index contributed by atoms with van der Waals surface area (Å²) < 4.78 is 10.6. The van der Waals surface area contributed by atoms with E-state index in [4.69, 9.17) is 15.2 Å². The number of nitrogens with zero attached hydrogens (tertiary/aromatic N) is 2. The fourth-order valence-electron chi connectivity index (χ4n) is 4.07. The summed E-state index contributed by atoms with van der Waals surface area (Å²) in [7, 11) is 3.14. The van der Waals surface area contributed by atoms with Crippen molar-refractivity contribution in [2.75, 3.05) is 38.8 Å². The van der Waals surface area contributed by atoms with Crippen LogP contribution in [0, 0.1) is 11.8 Å². The number of likely N-dealkylation sites (tertiary alicyclic amines) is 1. The Morgan fingerprint density at radius 2 is 1.89 bits per heavy atom. The zero-order valence-corrected chi connectivity index (χ0v) is 16.3. The average Bonchev–Trinajstić information content (AvgIpc) is 3.08. The highest BCUT2D eigenvalue weighted by Crippen LogP contribution is 2.33. The first-order valence-corrected chi connectivity index (χ1v) is 9.50. The van der Waals surface area contributed by atoms with E-state index in [2.05, 4.69) is 6.92 Å². The second-order valence-electron chi connectivity index (χ2n) is 7.53. The molecule has 7 nitrogen and oxygen atoms in total. The highest BCUT2D eigenvalue weighted by atomic mass is 16.5. The van der Waals surface area contributed by atoms with Crippen molar-refractivity contribution in [2.24, 2.45) is 17.6 Å². The Labute approximate surface area is 160 Å². The molecule has 27 heavy (non-hydrogen) atoms. The van der Waals surface area contributed by atoms with Crippen molar-refractivity contribution in [3.63, 3.8) is 0 Å². The van der Waals surface area contributed by atoms with Crippen LogP contribution in [0.1, 0.15) is 26.2 Å². The fourth-order valence-corrected chi connectivity index (χ4v) is 4.07. The average molecular weight is 375 g/mol.